The maximum atomic E-state index is 11.9. The molecular weight excluding hydrogens is 188 g/mol. The third-order valence-electron chi connectivity index (χ3n) is 3.32. The Morgan fingerprint density at radius 1 is 1.40 bits per heavy atom. The number of aliphatic hydroxyl groups is 1. The fourth-order valence-electron chi connectivity index (χ4n) is 2.39. The molecule has 0 amide bonds. The number of hydrogen-bond acceptors (Lipinski definition) is 2. The van der Waals surface area contributed by atoms with E-state index >= 15 is 0 Å². The van der Waals surface area contributed by atoms with E-state index in [0.29, 0.717) is 0 Å². The van der Waals surface area contributed by atoms with Gasteiger partial charge < -0.3 is 5.11 Å². The van der Waals surface area contributed by atoms with Gasteiger partial charge in [0.2, 0.25) is 0 Å². The highest BCUT2D eigenvalue weighted by molar-refractivity contribution is 5.92. The Morgan fingerprint density at radius 3 is 2.53 bits per heavy atom. The molecule has 0 aromatic carbocycles. The van der Waals surface area contributed by atoms with Gasteiger partial charge in [0.05, 0.1) is 6.10 Å². The maximum Gasteiger partial charge on any atom is 0.159 e. The van der Waals surface area contributed by atoms with E-state index in [1.54, 1.807) is 18.2 Å². The Kier molecular flexibility index (Phi) is 3.50. The molecule has 1 N–H and O–H groups in total. The molecule has 0 saturated carbocycles. The van der Waals surface area contributed by atoms with Crippen LogP contribution in [0.5, 0.6) is 0 Å². The summed E-state index contributed by atoms with van der Waals surface area (Å²) in [5.74, 6) is 0.166. The van der Waals surface area contributed by atoms with Crippen LogP contribution in [-0.4, -0.2) is 17.0 Å². The summed E-state index contributed by atoms with van der Waals surface area (Å²) in [7, 11) is 0. The highest BCUT2D eigenvalue weighted by Crippen LogP contribution is 2.41. The molecule has 0 heterocycles. The van der Waals surface area contributed by atoms with E-state index in [9.17, 15) is 9.90 Å². The zero-order valence-corrected chi connectivity index (χ0v) is 9.90. The number of carbonyl (C=O) groups is 1. The molecule has 3 unspecified atom stereocenters. The van der Waals surface area contributed by atoms with Gasteiger partial charge in [0, 0.05) is 11.3 Å². The number of carbonyl (C=O) groups excluding carboxylic acids is 1. The Labute approximate surface area is 91.7 Å². The van der Waals surface area contributed by atoms with Gasteiger partial charge in [-0.15, -0.1) is 0 Å². The number of aliphatic hydroxyl groups excluding tert-OH is 1. The van der Waals surface area contributed by atoms with Crippen molar-refractivity contribution < 1.29 is 9.90 Å². The molecule has 0 bridgehead atoms. The standard InChI is InChI=1S/C13H20O2/c1-5-6-10(14)12-9(2)7-8-11(15)13(12,3)4/h5-9,11-12,15H,1-4H3/b6-5+. The molecule has 2 heteroatoms. The minimum Gasteiger partial charge on any atom is -0.388 e. The molecule has 1 aliphatic rings. The molecule has 1 rings (SSSR count). The second kappa shape index (κ2) is 4.31. The Bertz CT molecular complexity index is 300. The lowest BCUT2D eigenvalue weighted by Crippen LogP contribution is -2.44. The van der Waals surface area contributed by atoms with E-state index in [-0.39, 0.29) is 23.0 Å². The lowest BCUT2D eigenvalue weighted by Gasteiger charge is -2.41. The Morgan fingerprint density at radius 2 is 2.00 bits per heavy atom. The third kappa shape index (κ3) is 2.20. The summed E-state index contributed by atoms with van der Waals surface area (Å²) in [6, 6.07) is 0. The summed E-state index contributed by atoms with van der Waals surface area (Å²) in [5, 5.41) is 9.88. The Hall–Kier alpha value is -0.890. The molecular formula is C13H20O2. The van der Waals surface area contributed by atoms with Crippen LogP contribution in [0.25, 0.3) is 0 Å². The van der Waals surface area contributed by atoms with Crippen molar-refractivity contribution in [3.63, 3.8) is 0 Å². The van der Waals surface area contributed by atoms with Crippen LogP contribution in [0.1, 0.15) is 27.7 Å². The van der Waals surface area contributed by atoms with Crippen LogP contribution in [0.4, 0.5) is 0 Å². The van der Waals surface area contributed by atoms with Gasteiger partial charge in [-0.2, -0.15) is 0 Å². The summed E-state index contributed by atoms with van der Waals surface area (Å²) in [6.07, 6.45) is 6.56. The predicted molar refractivity (Wildman–Crippen MR) is 61.4 cm³/mol. The first-order valence-electron chi connectivity index (χ1n) is 5.44. The minimum absolute atomic E-state index is 0.110. The highest BCUT2D eigenvalue weighted by atomic mass is 16.3. The van der Waals surface area contributed by atoms with Crippen LogP contribution in [-0.2, 0) is 4.79 Å². The van der Waals surface area contributed by atoms with Crippen LogP contribution in [0, 0.1) is 17.3 Å². The summed E-state index contributed by atoms with van der Waals surface area (Å²) in [6.45, 7) is 7.76. The lowest BCUT2D eigenvalue weighted by molar-refractivity contribution is -0.126. The van der Waals surface area contributed by atoms with Crippen molar-refractivity contribution in [2.75, 3.05) is 0 Å². The monoisotopic (exact) mass is 208 g/mol. The van der Waals surface area contributed by atoms with Gasteiger partial charge in [0.15, 0.2) is 5.78 Å². The summed E-state index contributed by atoms with van der Waals surface area (Å²) in [4.78, 5) is 11.9. The van der Waals surface area contributed by atoms with Crippen LogP contribution < -0.4 is 0 Å². The van der Waals surface area contributed by atoms with Crippen LogP contribution in [0.15, 0.2) is 24.3 Å². The van der Waals surface area contributed by atoms with Gasteiger partial charge in [0.25, 0.3) is 0 Å². The van der Waals surface area contributed by atoms with Crippen molar-refractivity contribution in [2.24, 2.45) is 17.3 Å². The van der Waals surface area contributed by atoms with E-state index in [2.05, 4.69) is 0 Å². The molecule has 0 spiro atoms. The molecule has 15 heavy (non-hydrogen) atoms. The summed E-state index contributed by atoms with van der Waals surface area (Å²) in [5.41, 5.74) is -0.384. The average molecular weight is 208 g/mol. The molecule has 0 radical (unpaired) electrons. The molecule has 0 saturated heterocycles. The van der Waals surface area contributed by atoms with Gasteiger partial charge in [-0.25, -0.2) is 0 Å². The van der Waals surface area contributed by atoms with Gasteiger partial charge in [-0.3, -0.25) is 4.79 Å². The number of allylic oxidation sites excluding steroid dienone is 3. The fourth-order valence-corrected chi connectivity index (χ4v) is 2.39. The molecule has 0 aromatic heterocycles. The van der Waals surface area contributed by atoms with E-state index in [4.69, 9.17) is 0 Å². The van der Waals surface area contributed by atoms with E-state index in [1.807, 2.05) is 33.8 Å². The van der Waals surface area contributed by atoms with Gasteiger partial charge >= 0.3 is 0 Å². The number of ketones is 1. The molecule has 2 nitrogen and oxygen atoms in total. The first-order chi connectivity index (χ1) is 6.91. The SMILES string of the molecule is C/C=C/C(=O)C1C(C)C=CC(O)C1(C)C. The Balaban J connectivity index is 3.03. The molecule has 0 fully saturated rings. The van der Waals surface area contributed by atoms with Gasteiger partial charge in [-0.05, 0) is 18.9 Å². The van der Waals surface area contributed by atoms with E-state index < -0.39 is 6.10 Å². The number of hydrogen-bond donors (Lipinski definition) is 1. The molecule has 84 valence electrons. The predicted octanol–water partition coefficient (Wildman–Crippen LogP) is 2.34. The van der Waals surface area contributed by atoms with Crippen molar-refractivity contribution in [1.29, 1.82) is 0 Å². The van der Waals surface area contributed by atoms with Crippen LogP contribution in [0.3, 0.4) is 0 Å². The van der Waals surface area contributed by atoms with Crippen molar-refractivity contribution in [1.82, 2.24) is 0 Å². The van der Waals surface area contributed by atoms with Crippen molar-refractivity contribution in [2.45, 2.75) is 33.8 Å². The van der Waals surface area contributed by atoms with Gasteiger partial charge in [-0.1, -0.05) is 39.0 Å². The largest absolute Gasteiger partial charge is 0.388 e. The normalized spacial score (nSPS) is 34.6. The first-order valence-corrected chi connectivity index (χ1v) is 5.44. The smallest absolute Gasteiger partial charge is 0.159 e. The summed E-state index contributed by atoms with van der Waals surface area (Å²) < 4.78 is 0. The zero-order chi connectivity index (χ0) is 11.6. The lowest BCUT2D eigenvalue weighted by atomic mass is 9.64. The van der Waals surface area contributed by atoms with Gasteiger partial charge in [0.1, 0.15) is 0 Å². The molecule has 0 aliphatic heterocycles. The summed E-state index contributed by atoms with van der Waals surface area (Å²) >= 11 is 0. The molecule has 0 aromatic rings. The zero-order valence-electron chi connectivity index (χ0n) is 9.90. The highest BCUT2D eigenvalue weighted by Gasteiger charge is 2.43. The second-order valence-electron chi connectivity index (χ2n) is 4.89. The van der Waals surface area contributed by atoms with Crippen molar-refractivity contribution in [3.05, 3.63) is 24.3 Å². The first kappa shape index (κ1) is 12.2. The van der Waals surface area contributed by atoms with Crippen molar-refractivity contribution in [3.8, 4) is 0 Å². The molecule has 3 atom stereocenters. The second-order valence-corrected chi connectivity index (χ2v) is 4.89. The third-order valence-corrected chi connectivity index (χ3v) is 3.32. The maximum absolute atomic E-state index is 11.9. The quantitative estimate of drug-likeness (QED) is 0.558. The average Bonchev–Trinajstić information content (AvgIpc) is 2.12. The van der Waals surface area contributed by atoms with Crippen LogP contribution in [0.2, 0.25) is 0 Å². The topological polar surface area (TPSA) is 37.3 Å². The number of rotatable bonds is 2. The van der Waals surface area contributed by atoms with E-state index in [0.717, 1.165) is 0 Å². The molecule has 1 aliphatic carbocycles. The fraction of sp³-hybridized carbons (Fsp3) is 0.615. The van der Waals surface area contributed by atoms with Crippen molar-refractivity contribution >= 4 is 5.78 Å². The van der Waals surface area contributed by atoms with E-state index in [1.165, 1.54) is 0 Å². The van der Waals surface area contributed by atoms with Crippen LogP contribution >= 0.6 is 0 Å². The minimum atomic E-state index is -0.534.